The van der Waals surface area contributed by atoms with Gasteiger partial charge < -0.3 is 10.6 Å². The van der Waals surface area contributed by atoms with E-state index in [-0.39, 0.29) is 5.78 Å². The van der Waals surface area contributed by atoms with E-state index in [2.05, 4.69) is 16.7 Å². The smallest absolute Gasteiger partial charge is 0.315 e. The summed E-state index contributed by atoms with van der Waals surface area (Å²) in [7, 11) is 0. The number of hydrogen-bond acceptors (Lipinski definition) is 3. The van der Waals surface area contributed by atoms with Crippen molar-refractivity contribution in [2.75, 3.05) is 0 Å². The molecule has 2 atom stereocenters. The van der Waals surface area contributed by atoms with E-state index in [4.69, 9.17) is 0 Å². The second-order valence-electron chi connectivity index (χ2n) is 7.98. The van der Waals surface area contributed by atoms with Crippen LogP contribution in [0, 0.1) is 30.6 Å². The van der Waals surface area contributed by atoms with E-state index in [1.54, 1.807) is 24.3 Å². The van der Waals surface area contributed by atoms with Gasteiger partial charge in [-0.25, -0.2) is 4.79 Å². The molecule has 5 heteroatoms. The number of nitrogens with zero attached hydrogens (tertiary/aromatic N) is 1. The Morgan fingerprint density at radius 2 is 1.26 bits per heavy atom. The van der Waals surface area contributed by atoms with Crippen molar-refractivity contribution in [3.8, 4) is 6.07 Å². The summed E-state index contributed by atoms with van der Waals surface area (Å²) in [5.41, 5.74) is 2.37. The number of nitriles is 1. The van der Waals surface area contributed by atoms with Crippen LogP contribution in [0.4, 0.5) is 4.79 Å². The summed E-state index contributed by atoms with van der Waals surface area (Å²) in [5.74, 6) is -0.334. The fourth-order valence-corrected chi connectivity index (χ4v) is 4.18. The third-order valence-corrected chi connectivity index (χ3v) is 5.88. The number of amides is 2. The molecule has 1 heterocycles. The molecule has 0 radical (unpaired) electrons. The van der Waals surface area contributed by atoms with Gasteiger partial charge in [-0.3, -0.25) is 4.79 Å². The van der Waals surface area contributed by atoms with Crippen molar-refractivity contribution in [1.82, 2.24) is 10.6 Å². The third kappa shape index (κ3) is 3.57. The maximum Gasteiger partial charge on any atom is 0.315 e. The van der Waals surface area contributed by atoms with Crippen LogP contribution in [-0.4, -0.2) is 11.8 Å². The van der Waals surface area contributed by atoms with Crippen molar-refractivity contribution in [3.63, 3.8) is 0 Å². The highest BCUT2D eigenvalue weighted by Gasteiger charge is 2.57. The molecule has 2 amide bonds. The van der Waals surface area contributed by atoms with E-state index in [0.29, 0.717) is 16.7 Å². The highest BCUT2D eigenvalue weighted by molar-refractivity contribution is 6.05. The van der Waals surface area contributed by atoms with Crippen LogP contribution in [-0.2, 0) is 0 Å². The second-order valence-corrected chi connectivity index (χ2v) is 7.98. The molecular weight excluding hydrogens is 386 g/mol. The molecule has 0 saturated carbocycles. The fourth-order valence-electron chi connectivity index (χ4n) is 4.18. The van der Waals surface area contributed by atoms with Gasteiger partial charge in [-0.05, 0) is 25.0 Å². The number of carbonyl (C=O) groups is 2. The molecule has 1 saturated heterocycles. The highest BCUT2D eigenvalue weighted by atomic mass is 16.2. The van der Waals surface area contributed by atoms with Crippen molar-refractivity contribution >= 4 is 11.8 Å². The van der Waals surface area contributed by atoms with Gasteiger partial charge in [0.25, 0.3) is 0 Å². The minimum atomic E-state index is -1.58. The number of carbonyl (C=O) groups excluding carboxylic acids is 2. The Bertz CT molecular complexity index is 1090. The first-order chi connectivity index (χ1) is 15.0. The zero-order chi connectivity index (χ0) is 22.0. The second kappa shape index (κ2) is 8.08. The monoisotopic (exact) mass is 409 g/mol. The molecule has 2 N–H and O–H groups in total. The van der Waals surface area contributed by atoms with Crippen LogP contribution < -0.4 is 10.6 Å². The minimum absolute atomic E-state index is 0.334. The number of Topliss-reactive ketones (excluding diaryl/α,β-unsaturated/α-hetero) is 1. The molecule has 3 aromatic carbocycles. The zero-order valence-electron chi connectivity index (χ0n) is 17.4. The molecular formula is C26H23N3O2. The number of aryl methyl sites for hydroxylation is 2. The van der Waals surface area contributed by atoms with Crippen molar-refractivity contribution < 1.29 is 9.59 Å². The standard InChI is InChI=1S/C26H23N3O2/c1-17-8-12-19(13-9-17)22-26(16-27,24(30)21-6-4-3-5-7-21)23(29-25(31)28-22)20-14-10-18(2)11-15-20/h3-15,22-23H,1-2H3,(H2,28,29,31)/t22-,23-/m0/s1. The highest BCUT2D eigenvalue weighted by Crippen LogP contribution is 2.48. The lowest BCUT2D eigenvalue weighted by Gasteiger charge is -2.45. The van der Waals surface area contributed by atoms with E-state index >= 15 is 0 Å². The van der Waals surface area contributed by atoms with Gasteiger partial charge in [0, 0.05) is 5.56 Å². The molecule has 4 rings (SSSR count). The SMILES string of the molecule is Cc1ccc([C@@H]2NC(=O)N[C@@H](c3ccc(C)cc3)C2(C#N)C(=O)c2ccccc2)cc1. The predicted molar refractivity (Wildman–Crippen MR) is 118 cm³/mol. The average molecular weight is 409 g/mol. The molecule has 31 heavy (non-hydrogen) atoms. The zero-order valence-corrected chi connectivity index (χ0v) is 17.4. The number of rotatable bonds is 4. The van der Waals surface area contributed by atoms with Crippen LogP contribution in [0.15, 0.2) is 78.9 Å². The van der Waals surface area contributed by atoms with Gasteiger partial charge in [-0.15, -0.1) is 0 Å². The van der Waals surface area contributed by atoms with E-state index in [1.165, 1.54) is 0 Å². The first kappa shape index (κ1) is 20.4. The van der Waals surface area contributed by atoms with Crippen molar-refractivity contribution in [2.24, 2.45) is 5.41 Å². The maximum atomic E-state index is 13.9. The van der Waals surface area contributed by atoms with Gasteiger partial charge in [0.05, 0.1) is 18.2 Å². The lowest BCUT2D eigenvalue weighted by molar-refractivity contribution is 0.0708. The van der Waals surface area contributed by atoms with Crippen molar-refractivity contribution in [3.05, 3.63) is 107 Å². The van der Waals surface area contributed by atoms with Gasteiger partial charge in [-0.2, -0.15) is 5.26 Å². The van der Waals surface area contributed by atoms with E-state index in [0.717, 1.165) is 11.1 Å². The van der Waals surface area contributed by atoms with Crippen LogP contribution in [0.5, 0.6) is 0 Å². The van der Waals surface area contributed by atoms with Gasteiger partial charge in [0.15, 0.2) is 11.2 Å². The molecule has 1 fully saturated rings. The lowest BCUT2D eigenvalue weighted by Crippen LogP contribution is -2.60. The Kier molecular flexibility index (Phi) is 5.31. The largest absolute Gasteiger partial charge is 0.329 e. The molecule has 0 spiro atoms. The number of ketones is 1. The number of hydrogen-bond donors (Lipinski definition) is 2. The Morgan fingerprint density at radius 1 is 0.806 bits per heavy atom. The molecule has 0 bridgehead atoms. The normalized spacial score (nSPS) is 19.6. The Hall–Kier alpha value is -3.91. The van der Waals surface area contributed by atoms with Crippen LogP contribution in [0.1, 0.15) is 44.7 Å². The molecule has 0 unspecified atom stereocenters. The summed E-state index contributed by atoms with van der Waals surface area (Å²) < 4.78 is 0. The summed E-state index contributed by atoms with van der Waals surface area (Å²) in [5, 5.41) is 16.3. The average Bonchev–Trinajstić information content (AvgIpc) is 2.80. The first-order valence-corrected chi connectivity index (χ1v) is 10.2. The Labute approximate surface area is 181 Å². The topological polar surface area (TPSA) is 82.0 Å². The van der Waals surface area contributed by atoms with Crippen LogP contribution in [0.25, 0.3) is 0 Å². The minimum Gasteiger partial charge on any atom is -0.329 e. The van der Waals surface area contributed by atoms with Crippen molar-refractivity contribution in [1.29, 1.82) is 5.26 Å². The summed E-state index contributed by atoms with van der Waals surface area (Å²) in [6.45, 7) is 3.93. The van der Waals surface area contributed by atoms with Gasteiger partial charge in [0.1, 0.15) is 0 Å². The Morgan fingerprint density at radius 3 is 1.68 bits per heavy atom. The molecule has 3 aromatic rings. The summed E-state index contributed by atoms with van der Waals surface area (Å²) >= 11 is 0. The molecule has 0 aromatic heterocycles. The molecule has 0 aliphatic carbocycles. The molecule has 1 aliphatic rings. The van der Waals surface area contributed by atoms with E-state index in [1.807, 2.05) is 68.4 Å². The third-order valence-electron chi connectivity index (χ3n) is 5.88. The number of benzene rings is 3. The van der Waals surface area contributed by atoms with Gasteiger partial charge in [-0.1, -0.05) is 90.0 Å². The molecule has 154 valence electrons. The number of urea groups is 1. The van der Waals surface area contributed by atoms with Crippen LogP contribution in [0.3, 0.4) is 0 Å². The van der Waals surface area contributed by atoms with Gasteiger partial charge >= 0.3 is 6.03 Å². The molecule has 1 aliphatic heterocycles. The van der Waals surface area contributed by atoms with E-state index < -0.39 is 23.5 Å². The lowest BCUT2D eigenvalue weighted by atomic mass is 9.65. The summed E-state index contributed by atoms with van der Waals surface area (Å²) in [6, 6.07) is 24.2. The molecule has 5 nitrogen and oxygen atoms in total. The summed E-state index contributed by atoms with van der Waals surface area (Å²) in [4.78, 5) is 26.6. The predicted octanol–water partition coefficient (Wildman–Crippen LogP) is 4.79. The maximum absolute atomic E-state index is 13.9. The van der Waals surface area contributed by atoms with Crippen LogP contribution >= 0.6 is 0 Å². The fraction of sp³-hybridized carbons (Fsp3) is 0.192. The Balaban J connectivity index is 1.95. The quantitative estimate of drug-likeness (QED) is 0.608. The van der Waals surface area contributed by atoms with E-state index in [9.17, 15) is 14.9 Å². The van der Waals surface area contributed by atoms with Crippen LogP contribution in [0.2, 0.25) is 0 Å². The van der Waals surface area contributed by atoms with Crippen molar-refractivity contribution in [2.45, 2.75) is 25.9 Å². The number of nitrogens with one attached hydrogen (secondary N) is 2. The summed E-state index contributed by atoms with van der Waals surface area (Å²) in [6.07, 6.45) is 0. The van der Waals surface area contributed by atoms with Gasteiger partial charge in [0.2, 0.25) is 0 Å². The first-order valence-electron chi connectivity index (χ1n) is 10.2.